The average Bonchev–Trinajstić information content (AvgIpc) is 2.63. The van der Waals surface area contributed by atoms with Crippen molar-refractivity contribution in [2.45, 2.75) is 18.9 Å². The molecule has 1 aliphatic carbocycles. The molecule has 16 heavy (non-hydrogen) atoms. The summed E-state index contributed by atoms with van der Waals surface area (Å²) in [4.78, 5) is 10.6. The van der Waals surface area contributed by atoms with E-state index in [4.69, 9.17) is 10.8 Å². The minimum atomic E-state index is -1.06. The molecule has 0 radical (unpaired) electrons. The predicted octanol–water partition coefficient (Wildman–Crippen LogP) is 1.57. The molecule has 0 unspecified atom stereocenters. The largest absolute Gasteiger partial charge is 0.480 e. The van der Waals surface area contributed by atoms with Crippen LogP contribution in [0.5, 0.6) is 0 Å². The van der Waals surface area contributed by atoms with Crippen LogP contribution in [-0.2, 0) is 11.2 Å². The number of aliphatic carboxylic acids is 1. The van der Waals surface area contributed by atoms with Gasteiger partial charge in [0.1, 0.15) is 11.9 Å². The number of carboxylic acids is 1. The van der Waals surface area contributed by atoms with E-state index < -0.39 is 12.0 Å². The van der Waals surface area contributed by atoms with Crippen molar-refractivity contribution in [1.29, 1.82) is 0 Å². The zero-order valence-corrected chi connectivity index (χ0v) is 8.61. The fourth-order valence-electron chi connectivity index (χ4n) is 1.94. The van der Waals surface area contributed by atoms with Crippen LogP contribution in [-0.4, -0.2) is 17.1 Å². The number of fused-ring (bicyclic) bond motifs is 1. The molecule has 1 aromatic rings. The Balaban J connectivity index is 2.26. The van der Waals surface area contributed by atoms with E-state index in [0.29, 0.717) is 17.6 Å². The zero-order chi connectivity index (χ0) is 11.7. The molecule has 3 N–H and O–H groups in total. The molecule has 1 aromatic carbocycles. The fourth-order valence-corrected chi connectivity index (χ4v) is 1.94. The van der Waals surface area contributed by atoms with Gasteiger partial charge in [0.2, 0.25) is 0 Å². The van der Waals surface area contributed by atoms with E-state index in [1.807, 2.05) is 12.1 Å². The summed E-state index contributed by atoms with van der Waals surface area (Å²) in [7, 11) is 0. The molecule has 3 nitrogen and oxygen atoms in total. The van der Waals surface area contributed by atoms with Crippen molar-refractivity contribution < 1.29 is 14.3 Å². The minimum Gasteiger partial charge on any atom is -0.480 e. The molecule has 0 spiro atoms. The molecule has 0 bridgehead atoms. The second kappa shape index (κ2) is 4.06. The number of nitrogens with two attached hydrogens (primary N) is 1. The van der Waals surface area contributed by atoms with Crippen molar-refractivity contribution in [2.75, 3.05) is 0 Å². The molecule has 0 saturated heterocycles. The van der Waals surface area contributed by atoms with E-state index in [2.05, 4.69) is 0 Å². The van der Waals surface area contributed by atoms with Crippen molar-refractivity contribution >= 4 is 11.5 Å². The van der Waals surface area contributed by atoms with Gasteiger partial charge in [0.15, 0.2) is 0 Å². The Morgan fingerprint density at radius 1 is 1.56 bits per heavy atom. The quantitative estimate of drug-likeness (QED) is 0.814. The van der Waals surface area contributed by atoms with E-state index >= 15 is 0 Å². The fraction of sp³-hybridized carbons (Fsp3) is 0.250. The van der Waals surface area contributed by atoms with Gasteiger partial charge < -0.3 is 10.8 Å². The standard InChI is InChI=1S/C12H12FNO2/c13-9-3-1-2-7-4-5-8(11(7)9)6-10(14)12(15)16/h1-3,5,10H,4,6,14H2,(H,15,16)/t10-/m0/s1. The molecular formula is C12H12FNO2. The van der Waals surface area contributed by atoms with Crippen LogP contribution in [0.15, 0.2) is 24.3 Å². The van der Waals surface area contributed by atoms with E-state index in [9.17, 15) is 9.18 Å². The molecule has 4 heteroatoms. The number of rotatable bonds is 3. The molecule has 1 atom stereocenters. The van der Waals surface area contributed by atoms with Crippen molar-refractivity contribution in [3.05, 3.63) is 41.2 Å². The first-order chi connectivity index (χ1) is 7.59. The number of hydrogen-bond donors (Lipinski definition) is 2. The van der Waals surface area contributed by atoms with Gasteiger partial charge in [-0.2, -0.15) is 0 Å². The Bertz CT molecular complexity index is 468. The Morgan fingerprint density at radius 2 is 2.31 bits per heavy atom. The van der Waals surface area contributed by atoms with E-state index in [-0.39, 0.29) is 12.2 Å². The zero-order valence-electron chi connectivity index (χ0n) is 8.61. The summed E-state index contributed by atoms with van der Waals surface area (Å²) in [5.74, 6) is -1.37. The van der Waals surface area contributed by atoms with Gasteiger partial charge >= 0.3 is 5.97 Å². The van der Waals surface area contributed by atoms with Gasteiger partial charge in [-0.15, -0.1) is 0 Å². The lowest BCUT2D eigenvalue weighted by Gasteiger charge is -2.10. The van der Waals surface area contributed by atoms with E-state index in [1.54, 1.807) is 6.07 Å². The molecule has 1 aliphatic rings. The van der Waals surface area contributed by atoms with Gasteiger partial charge in [0.05, 0.1) is 0 Å². The number of hydrogen-bond acceptors (Lipinski definition) is 2. The van der Waals surface area contributed by atoms with Gasteiger partial charge in [-0.1, -0.05) is 18.2 Å². The maximum atomic E-state index is 13.6. The summed E-state index contributed by atoms with van der Waals surface area (Å²) < 4.78 is 13.6. The van der Waals surface area contributed by atoms with Crippen LogP contribution in [0.2, 0.25) is 0 Å². The van der Waals surface area contributed by atoms with Crippen molar-refractivity contribution in [3.8, 4) is 0 Å². The maximum absolute atomic E-state index is 13.6. The highest BCUT2D eigenvalue weighted by molar-refractivity contribution is 5.80. The SMILES string of the molecule is N[C@@H](CC1=CCc2cccc(F)c21)C(=O)O. The number of benzene rings is 1. The van der Waals surface area contributed by atoms with Crippen LogP contribution in [0.3, 0.4) is 0 Å². The predicted molar refractivity (Wildman–Crippen MR) is 58.3 cm³/mol. The second-order valence-electron chi connectivity index (χ2n) is 3.86. The molecule has 0 amide bonds. The van der Waals surface area contributed by atoms with Gasteiger partial charge in [0, 0.05) is 5.56 Å². The van der Waals surface area contributed by atoms with E-state index in [1.165, 1.54) is 6.07 Å². The number of carboxylic acid groups (broad SMARTS) is 1. The summed E-state index contributed by atoms with van der Waals surface area (Å²) in [5, 5.41) is 8.71. The number of halogens is 1. The average molecular weight is 221 g/mol. The lowest BCUT2D eigenvalue weighted by Crippen LogP contribution is -2.30. The molecule has 2 rings (SSSR count). The molecule has 84 valence electrons. The first-order valence-corrected chi connectivity index (χ1v) is 5.05. The highest BCUT2D eigenvalue weighted by Crippen LogP contribution is 2.32. The van der Waals surface area contributed by atoms with Crippen LogP contribution in [0.4, 0.5) is 4.39 Å². The first-order valence-electron chi connectivity index (χ1n) is 5.05. The summed E-state index contributed by atoms with van der Waals surface area (Å²) in [6, 6.07) is 3.90. The highest BCUT2D eigenvalue weighted by atomic mass is 19.1. The normalized spacial score (nSPS) is 15.5. The summed E-state index contributed by atoms with van der Waals surface area (Å²) in [5.41, 5.74) is 7.56. The Hall–Kier alpha value is -1.68. The molecule has 0 aliphatic heterocycles. The number of carbonyl (C=O) groups is 1. The molecule has 0 fully saturated rings. The third-order valence-corrected chi connectivity index (χ3v) is 2.75. The van der Waals surface area contributed by atoms with Gasteiger partial charge in [-0.05, 0) is 30.0 Å². The minimum absolute atomic E-state index is 0.170. The van der Waals surface area contributed by atoms with E-state index in [0.717, 1.165) is 5.56 Å². The summed E-state index contributed by atoms with van der Waals surface area (Å²) in [6.45, 7) is 0. The van der Waals surface area contributed by atoms with Crippen LogP contribution in [0, 0.1) is 5.82 Å². The lowest BCUT2D eigenvalue weighted by atomic mass is 9.99. The molecule has 0 aromatic heterocycles. The summed E-state index contributed by atoms with van der Waals surface area (Å²) in [6.07, 6.45) is 2.66. The lowest BCUT2D eigenvalue weighted by molar-refractivity contribution is -0.138. The highest BCUT2D eigenvalue weighted by Gasteiger charge is 2.22. The van der Waals surface area contributed by atoms with Crippen molar-refractivity contribution in [2.24, 2.45) is 5.73 Å². The van der Waals surface area contributed by atoms with Gasteiger partial charge in [-0.25, -0.2) is 4.39 Å². The third kappa shape index (κ3) is 1.84. The van der Waals surface area contributed by atoms with Crippen LogP contribution in [0.1, 0.15) is 17.5 Å². The Kier molecular flexibility index (Phi) is 2.75. The third-order valence-electron chi connectivity index (χ3n) is 2.75. The first kappa shape index (κ1) is 10.8. The molecular weight excluding hydrogens is 209 g/mol. The smallest absolute Gasteiger partial charge is 0.320 e. The van der Waals surface area contributed by atoms with Crippen molar-refractivity contribution in [3.63, 3.8) is 0 Å². The molecule has 0 saturated carbocycles. The molecule has 0 heterocycles. The van der Waals surface area contributed by atoms with Crippen LogP contribution in [0.25, 0.3) is 5.57 Å². The van der Waals surface area contributed by atoms with Gasteiger partial charge in [0.25, 0.3) is 0 Å². The Labute approximate surface area is 92.4 Å². The number of allylic oxidation sites excluding steroid dienone is 1. The topological polar surface area (TPSA) is 63.3 Å². The Morgan fingerprint density at radius 3 is 3.00 bits per heavy atom. The van der Waals surface area contributed by atoms with Crippen LogP contribution < -0.4 is 5.73 Å². The van der Waals surface area contributed by atoms with Crippen molar-refractivity contribution in [1.82, 2.24) is 0 Å². The van der Waals surface area contributed by atoms with Gasteiger partial charge in [-0.3, -0.25) is 4.79 Å². The monoisotopic (exact) mass is 221 g/mol. The second-order valence-corrected chi connectivity index (χ2v) is 3.86. The van der Waals surface area contributed by atoms with Crippen LogP contribution >= 0.6 is 0 Å². The summed E-state index contributed by atoms with van der Waals surface area (Å²) >= 11 is 0. The maximum Gasteiger partial charge on any atom is 0.320 e.